The molecular formula is C10H22N2O2S. The molecule has 1 fully saturated rings. The summed E-state index contributed by atoms with van der Waals surface area (Å²) in [5, 5.41) is 3.40. The number of nitrogens with one attached hydrogen (secondary N) is 1. The second-order valence-electron chi connectivity index (χ2n) is 4.84. The summed E-state index contributed by atoms with van der Waals surface area (Å²) in [5.74, 6) is 0.629. The van der Waals surface area contributed by atoms with Gasteiger partial charge in [-0.3, -0.25) is 4.90 Å². The summed E-state index contributed by atoms with van der Waals surface area (Å²) in [7, 11) is -2.75. The fraction of sp³-hybridized carbons (Fsp3) is 1.00. The van der Waals surface area contributed by atoms with Crippen molar-refractivity contribution in [3.05, 3.63) is 0 Å². The predicted molar refractivity (Wildman–Crippen MR) is 62.8 cm³/mol. The topological polar surface area (TPSA) is 49.4 Å². The van der Waals surface area contributed by atoms with Crippen molar-refractivity contribution in [3.8, 4) is 0 Å². The summed E-state index contributed by atoms with van der Waals surface area (Å²) in [6.07, 6.45) is 0. The summed E-state index contributed by atoms with van der Waals surface area (Å²) >= 11 is 0. The molecule has 1 heterocycles. The molecule has 90 valence electrons. The van der Waals surface area contributed by atoms with Crippen molar-refractivity contribution in [2.75, 3.05) is 37.7 Å². The van der Waals surface area contributed by atoms with E-state index in [0.29, 0.717) is 24.6 Å². The first-order chi connectivity index (χ1) is 6.85. The van der Waals surface area contributed by atoms with E-state index in [9.17, 15) is 8.42 Å². The first kappa shape index (κ1) is 12.9. The quantitative estimate of drug-likeness (QED) is 0.750. The highest BCUT2D eigenvalue weighted by Crippen LogP contribution is 2.09. The molecule has 1 saturated heterocycles. The molecule has 0 unspecified atom stereocenters. The SMILES string of the molecule is CCNC(C)(C)CN1CCS(=O)(=O)CC1. The highest BCUT2D eigenvalue weighted by molar-refractivity contribution is 7.91. The van der Waals surface area contributed by atoms with Gasteiger partial charge >= 0.3 is 0 Å². The van der Waals surface area contributed by atoms with Gasteiger partial charge in [-0.05, 0) is 20.4 Å². The van der Waals surface area contributed by atoms with Gasteiger partial charge in [-0.2, -0.15) is 0 Å². The Balaban J connectivity index is 2.42. The Bertz CT molecular complexity index is 285. The van der Waals surface area contributed by atoms with Gasteiger partial charge in [0.2, 0.25) is 0 Å². The van der Waals surface area contributed by atoms with Crippen LogP contribution in [0.5, 0.6) is 0 Å². The lowest BCUT2D eigenvalue weighted by Crippen LogP contribution is -2.52. The maximum absolute atomic E-state index is 11.2. The molecule has 0 aromatic carbocycles. The standard InChI is InChI=1S/C10H22N2O2S/c1-4-11-10(2,3)9-12-5-7-15(13,14)8-6-12/h11H,4-9H2,1-3H3. The zero-order valence-corrected chi connectivity index (χ0v) is 10.7. The second kappa shape index (κ2) is 4.80. The van der Waals surface area contributed by atoms with Crippen LogP contribution in [0.2, 0.25) is 0 Å². The van der Waals surface area contributed by atoms with Crippen LogP contribution in [-0.2, 0) is 9.84 Å². The Labute approximate surface area is 93.0 Å². The molecule has 0 bridgehead atoms. The van der Waals surface area contributed by atoms with E-state index < -0.39 is 9.84 Å². The molecule has 5 heteroatoms. The van der Waals surface area contributed by atoms with Crippen molar-refractivity contribution < 1.29 is 8.42 Å². The van der Waals surface area contributed by atoms with E-state index >= 15 is 0 Å². The van der Waals surface area contributed by atoms with Crippen molar-refractivity contribution in [1.82, 2.24) is 10.2 Å². The number of likely N-dealkylation sites (N-methyl/N-ethyl adjacent to an activating group) is 1. The maximum Gasteiger partial charge on any atom is 0.152 e. The van der Waals surface area contributed by atoms with Gasteiger partial charge in [0.25, 0.3) is 0 Å². The minimum atomic E-state index is -2.75. The van der Waals surface area contributed by atoms with Crippen LogP contribution in [0.4, 0.5) is 0 Å². The van der Waals surface area contributed by atoms with Crippen molar-refractivity contribution in [2.24, 2.45) is 0 Å². The highest BCUT2D eigenvalue weighted by atomic mass is 32.2. The lowest BCUT2D eigenvalue weighted by atomic mass is 10.1. The lowest BCUT2D eigenvalue weighted by Gasteiger charge is -2.35. The van der Waals surface area contributed by atoms with Crippen LogP contribution in [-0.4, -0.2) is 56.5 Å². The summed E-state index contributed by atoms with van der Waals surface area (Å²) in [5.41, 5.74) is 0.0653. The first-order valence-electron chi connectivity index (χ1n) is 5.52. The second-order valence-corrected chi connectivity index (χ2v) is 7.15. The lowest BCUT2D eigenvalue weighted by molar-refractivity contribution is 0.215. The number of nitrogens with zero attached hydrogens (tertiary/aromatic N) is 1. The third-order valence-electron chi connectivity index (χ3n) is 2.71. The van der Waals surface area contributed by atoms with Crippen LogP contribution in [0.1, 0.15) is 20.8 Å². The Kier molecular flexibility index (Phi) is 4.14. The molecule has 15 heavy (non-hydrogen) atoms. The highest BCUT2D eigenvalue weighted by Gasteiger charge is 2.26. The van der Waals surface area contributed by atoms with Gasteiger partial charge in [0.05, 0.1) is 11.5 Å². The molecule has 1 N–H and O–H groups in total. The molecule has 0 saturated carbocycles. The number of hydrogen-bond acceptors (Lipinski definition) is 4. The predicted octanol–water partition coefficient (Wildman–Crippen LogP) is 0.105. The summed E-state index contributed by atoms with van der Waals surface area (Å²) in [6.45, 7) is 9.60. The molecule has 0 aromatic heterocycles. The number of rotatable bonds is 4. The van der Waals surface area contributed by atoms with Crippen molar-refractivity contribution in [1.29, 1.82) is 0 Å². The Morgan fingerprint density at radius 3 is 2.27 bits per heavy atom. The largest absolute Gasteiger partial charge is 0.311 e. The van der Waals surface area contributed by atoms with Crippen LogP contribution < -0.4 is 5.32 Å². The van der Waals surface area contributed by atoms with Gasteiger partial charge in [0.1, 0.15) is 0 Å². The summed E-state index contributed by atoms with van der Waals surface area (Å²) in [4.78, 5) is 2.23. The zero-order chi connectivity index (χ0) is 11.5. The van der Waals surface area contributed by atoms with E-state index in [1.165, 1.54) is 0 Å². The van der Waals surface area contributed by atoms with E-state index in [2.05, 4.69) is 31.0 Å². The Morgan fingerprint density at radius 2 is 1.80 bits per heavy atom. The normalized spacial score (nSPS) is 22.9. The van der Waals surface area contributed by atoms with E-state index in [-0.39, 0.29) is 5.54 Å². The molecule has 1 rings (SSSR count). The molecule has 1 aliphatic rings. The van der Waals surface area contributed by atoms with Gasteiger partial charge in [-0.15, -0.1) is 0 Å². The van der Waals surface area contributed by atoms with Crippen LogP contribution in [0.15, 0.2) is 0 Å². The fourth-order valence-electron chi connectivity index (χ4n) is 2.00. The molecule has 1 aliphatic heterocycles. The average Bonchev–Trinajstić information content (AvgIpc) is 2.08. The molecule has 0 aromatic rings. The number of sulfone groups is 1. The van der Waals surface area contributed by atoms with E-state index in [1.807, 2.05) is 0 Å². The van der Waals surface area contributed by atoms with Crippen molar-refractivity contribution in [3.63, 3.8) is 0 Å². The van der Waals surface area contributed by atoms with Gasteiger partial charge in [-0.1, -0.05) is 6.92 Å². The Hall–Kier alpha value is -0.130. The monoisotopic (exact) mass is 234 g/mol. The van der Waals surface area contributed by atoms with Gasteiger partial charge < -0.3 is 5.32 Å². The van der Waals surface area contributed by atoms with Crippen LogP contribution in [0.25, 0.3) is 0 Å². The van der Waals surface area contributed by atoms with Crippen molar-refractivity contribution >= 4 is 9.84 Å². The molecule has 0 atom stereocenters. The smallest absolute Gasteiger partial charge is 0.152 e. The summed E-state index contributed by atoms with van der Waals surface area (Å²) < 4.78 is 22.5. The van der Waals surface area contributed by atoms with Gasteiger partial charge in [-0.25, -0.2) is 8.42 Å². The van der Waals surface area contributed by atoms with Gasteiger partial charge in [0.15, 0.2) is 9.84 Å². The molecule has 0 spiro atoms. The minimum Gasteiger partial charge on any atom is -0.311 e. The molecule has 4 nitrogen and oxygen atoms in total. The van der Waals surface area contributed by atoms with Crippen LogP contribution >= 0.6 is 0 Å². The average molecular weight is 234 g/mol. The molecule has 0 radical (unpaired) electrons. The minimum absolute atomic E-state index is 0.0653. The zero-order valence-electron chi connectivity index (χ0n) is 9.91. The third-order valence-corrected chi connectivity index (χ3v) is 4.32. The Morgan fingerprint density at radius 1 is 1.27 bits per heavy atom. The van der Waals surface area contributed by atoms with E-state index in [1.54, 1.807) is 0 Å². The van der Waals surface area contributed by atoms with E-state index in [0.717, 1.165) is 13.1 Å². The fourth-order valence-corrected chi connectivity index (χ4v) is 3.28. The van der Waals surface area contributed by atoms with Gasteiger partial charge in [0, 0.05) is 25.2 Å². The maximum atomic E-state index is 11.2. The molecular weight excluding hydrogens is 212 g/mol. The number of hydrogen-bond donors (Lipinski definition) is 1. The first-order valence-corrected chi connectivity index (χ1v) is 7.34. The van der Waals surface area contributed by atoms with Crippen LogP contribution in [0, 0.1) is 0 Å². The van der Waals surface area contributed by atoms with Crippen LogP contribution in [0.3, 0.4) is 0 Å². The molecule has 0 aliphatic carbocycles. The van der Waals surface area contributed by atoms with Crippen molar-refractivity contribution in [2.45, 2.75) is 26.3 Å². The van der Waals surface area contributed by atoms with E-state index in [4.69, 9.17) is 0 Å². The molecule has 0 amide bonds. The third kappa shape index (κ3) is 4.49. The summed E-state index contributed by atoms with van der Waals surface area (Å²) in [6, 6.07) is 0.